The molecule has 8 heteroatoms. The molecule has 1 saturated heterocycles. The second-order valence-corrected chi connectivity index (χ2v) is 7.34. The Morgan fingerprint density at radius 2 is 1.80 bits per heavy atom. The summed E-state index contributed by atoms with van der Waals surface area (Å²) in [6.07, 6.45) is 2.28. The maximum absolute atomic E-state index is 12.2. The molecule has 1 aliphatic rings. The summed E-state index contributed by atoms with van der Waals surface area (Å²) in [5.74, 6) is 1.14. The van der Waals surface area contributed by atoms with Crippen LogP contribution in [0.1, 0.15) is 32.3 Å². The highest BCUT2D eigenvalue weighted by molar-refractivity contribution is 14.0. The Balaban J connectivity index is 0.00000320. The summed E-state index contributed by atoms with van der Waals surface area (Å²) in [5.41, 5.74) is 8.58. The molecule has 4 N–H and O–H groups in total. The molecule has 7 nitrogen and oxygen atoms in total. The highest BCUT2D eigenvalue weighted by Crippen LogP contribution is 2.17. The van der Waals surface area contributed by atoms with E-state index in [0.29, 0.717) is 12.5 Å². The third kappa shape index (κ3) is 7.40. The van der Waals surface area contributed by atoms with Crippen molar-refractivity contribution in [3.8, 4) is 5.75 Å². The van der Waals surface area contributed by atoms with E-state index in [-0.39, 0.29) is 36.1 Å². The Hall–Kier alpha value is -2.49. The van der Waals surface area contributed by atoms with Crippen LogP contribution in [0.25, 0.3) is 0 Å². The second-order valence-electron chi connectivity index (χ2n) is 7.34. The molecule has 0 spiro atoms. The van der Waals surface area contributed by atoms with Crippen molar-refractivity contribution in [2.45, 2.75) is 39.3 Å². The molecule has 1 aliphatic heterocycles. The number of nitrogens with one attached hydrogen (secondary N) is 2. The van der Waals surface area contributed by atoms with Crippen molar-refractivity contribution in [3.05, 3.63) is 54.1 Å². The van der Waals surface area contributed by atoms with E-state index in [2.05, 4.69) is 15.6 Å². The number of benzene rings is 2. The van der Waals surface area contributed by atoms with Crippen LogP contribution < -0.4 is 21.1 Å². The zero-order valence-corrected chi connectivity index (χ0v) is 19.8. The van der Waals surface area contributed by atoms with Crippen LogP contribution in [0.2, 0.25) is 0 Å². The summed E-state index contributed by atoms with van der Waals surface area (Å²) < 4.78 is 5.63. The van der Waals surface area contributed by atoms with Crippen molar-refractivity contribution in [2.75, 3.05) is 23.7 Å². The Morgan fingerprint density at radius 3 is 2.47 bits per heavy atom. The molecular weight excluding hydrogens is 493 g/mol. The predicted octanol–water partition coefficient (Wildman–Crippen LogP) is 4.65. The van der Waals surface area contributed by atoms with Crippen molar-refractivity contribution in [1.29, 1.82) is 0 Å². The van der Waals surface area contributed by atoms with Crippen LogP contribution in [0.3, 0.4) is 0 Å². The average Bonchev–Trinajstić information content (AvgIpc) is 3.23. The monoisotopic (exact) mass is 523 g/mol. The van der Waals surface area contributed by atoms with Crippen molar-refractivity contribution in [3.63, 3.8) is 0 Å². The van der Waals surface area contributed by atoms with Gasteiger partial charge in [0.25, 0.3) is 0 Å². The summed E-state index contributed by atoms with van der Waals surface area (Å²) in [4.78, 5) is 18.5. The highest BCUT2D eigenvalue weighted by Gasteiger charge is 2.17. The Morgan fingerprint density at radius 1 is 1.10 bits per heavy atom. The minimum Gasteiger partial charge on any atom is -0.491 e. The first-order valence-electron chi connectivity index (χ1n) is 9.98. The predicted molar refractivity (Wildman–Crippen MR) is 133 cm³/mol. The molecule has 2 aromatic carbocycles. The molecule has 30 heavy (non-hydrogen) atoms. The molecule has 0 aromatic heterocycles. The number of amides is 2. The van der Waals surface area contributed by atoms with Gasteiger partial charge in [0.05, 0.1) is 12.6 Å². The molecular formula is C22H30IN5O2. The number of hydrogen-bond acceptors (Lipinski definition) is 3. The average molecular weight is 523 g/mol. The van der Waals surface area contributed by atoms with E-state index in [0.717, 1.165) is 48.6 Å². The number of hydrogen-bond donors (Lipinski definition) is 3. The quantitative estimate of drug-likeness (QED) is 0.292. The van der Waals surface area contributed by atoms with Crippen molar-refractivity contribution in [2.24, 2.45) is 10.7 Å². The van der Waals surface area contributed by atoms with Gasteiger partial charge in [-0.05, 0) is 68.7 Å². The third-order valence-electron chi connectivity index (χ3n) is 4.50. The number of carbonyl (C=O) groups excluding carboxylic acids is 1. The van der Waals surface area contributed by atoms with Gasteiger partial charge in [-0.1, -0.05) is 12.1 Å². The number of ether oxygens (including phenoxy) is 1. The minimum absolute atomic E-state index is 0. The lowest BCUT2D eigenvalue weighted by Crippen LogP contribution is -2.32. The number of aliphatic imine (C=N–C) groups is 1. The molecule has 162 valence electrons. The molecule has 0 bridgehead atoms. The van der Waals surface area contributed by atoms with Crippen LogP contribution in [0.4, 0.5) is 16.2 Å². The standard InChI is InChI=1S/C22H29N5O2.HI/c1-16(2)29-20-10-8-18(9-11-20)25-21(23)24-15-17-6-5-7-19(14-17)26-22(28)27-12-3-4-13-27;/h5-11,14,16H,3-4,12-13,15H2,1-2H3,(H,26,28)(H3,23,24,25);1H. The minimum atomic E-state index is -0.0470. The summed E-state index contributed by atoms with van der Waals surface area (Å²) in [6, 6.07) is 15.2. The van der Waals surface area contributed by atoms with Gasteiger partial charge in [-0.2, -0.15) is 0 Å². The van der Waals surface area contributed by atoms with Gasteiger partial charge < -0.3 is 26.0 Å². The fourth-order valence-corrected chi connectivity index (χ4v) is 3.12. The lowest BCUT2D eigenvalue weighted by atomic mass is 10.2. The SMILES string of the molecule is CC(C)Oc1ccc(NC(N)=NCc2cccc(NC(=O)N3CCCC3)c2)cc1.I. The number of anilines is 2. The van der Waals surface area contributed by atoms with E-state index in [4.69, 9.17) is 10.5 Å². The molecule has 0 aliphatic carbocycles. The summed E-state index contributed by atoms with van der Waals surface area (Å²) in [6.45, 7) is 6.04. The zero-order valence-electron chi connectivity index (χ0n) is 17.4. The second kappa shape index (κ2) is 11.6. The fourth-order valence-electron chi connectivity index (χ4n) is 3.12. The number of nitrogens with two attached hydrogens (primary N) is 1. The first kappa shape index (κ1) is 23.8. The molecule has 0 atom stereocenters. The number of carbonyl (C=O) groups is 1. The lowest BCUT2D eigenvalue weighted by molar-refractivity contribution is 0.222. The van der Waals surface area contributed by atoms with E-state index in [1.165, 1.54) is 0 Å². The van der Waals surface area contributed by atoms with Crippen LogP contribution in [-0.4, -0.2) is 36.1 Å². The van der Waals surface area contributed by atoms with Crippen LogP contribution >= 0.6 is 24.0 Å². The summed E-state index contributed by atoms with van der Waals surface area (Å²) in [7, 11) is 0. The van der Waals surface area contributed by atoms with Gasteiger partial charge in [-0.3, -0.25) is 0 Å². The van der Waals surface area contributed by atoms with Gasteiger partial charge in [0.15, 0.2) is 5.96 Å². The smallest absolute Gasteiger partial charge is 0.321 e. The molecule has 2 amide bonds. The molecule has 2 aromatic rings. The van der Waals surface area contributed by atoms with Crippen molar-refractivity contribution >= 4 is 47.3 Å². The van der Waals surface area contributed by atoms with Gasteiger partial charge in [-0.25, -0.2) is 9.79 Å². The number of rotatable bonds is 6. The number of halogens is 1. The highest BCUT2D eigenvalue weighted by atomic mass is 127. The van der Waals surface area contributed by atoms with Gasteiger partial charge in [0.1, 0.15) is 5.75 Å². The first-order chi connectivity index (χ1) is 14.0. The summed E-state index contributed by atoms with van der Waals surface area (Å²) >= 11 is 0. The van der Waals surface area contributed by atoms with Crippen molar-refractivity contribution < 1.29 is 9.53 Å². The largest absolute Gasteiger partial charge is 0.491 e. The molecule has 0 radical (unpaired) electrons. The van der Waals surface area contributed by atoms with Gasteiger partial charge in [0.2, 0.25) is 0 Å². The Bertz CT molecular complexity index is 849. The fraction of sp³-hybridized carbons (Fsp3) is 0.364. The van der Waals surface area contributed by atoms with Gasteiger partial charge in [-0.15, -0.1) is 24.0 Å². The maximum atomic E-state index is 12.2. The van der Waals surface area contributed by atoms with Gasteiger partial charge >= 0.3 is 6.03 Å². The Labute approximate surface area is 195 Å². The molecule has 0 unspecified atom stereocenters. The zero-order chi connectivity index (χ0) is 20.6. The first-order valence-corrected chi connectivity index (χ1v) is 9.98. The van der Waals surface area contributed by atoms with Gasteiger partial charge in [0, 0.05) is 24.5 Å². The van der Waals surface area contributed by atoms with Crippen LogP contribution in [0.5, 0.6) is 5.75 Å². The van der Waals surface area contributed by atoms with Crippen molar-refractivity contribution in [1.82, 2.24) is 4.90 Å². The number of nitrogens with zero attached hydrogens (tertiary/aromatic N) is 2. The van der Waals surface area contributed by atoms with E-state index in [1.54, 1.807) is 0 Å². The number of urea groups is 1. The van der Waals surface area contributed by atoms with E-state index in [1.807, 2.05) is 67.3 Å². The van der Waals surface area contributed by atoms with E-state index in [9.17, 15) is 4.79 Å². The molecule has 0 saturated carbocycles. The molecule has 3 rings (SSSR count). The van der Waals surface area contributed by atoms with Crippen LogP contribution in [0.15, 0.2) is 53.5 Å². The normalized spacial score (nSPS) is 13.7. The van der Waals surface area contributed by atoms with Crippen LogP contribution in [-0.2, 0) is 6.54 Å². The lowest BCUT2D eigenvalue weighted by Gasteiger charge is -2.16. The third-order valence-corrected chi connectivity index (χ3v) is 4.50. The summed E-state index contributed by atoms with van der Waals surface area (Å²) in [5, 5.41) is 6.02. The molecule has 1 fully saturated rings. The number of likely N-dealkylation sites (tertiary alicyclic amines) is 1. The maximum Gasteiger partial charge on any atom is 0.321 e. The topological polar surface area (TPSA) is 92.0 Å². The Kier molecular flexibility index (Phi) is 9.22. The van der Waals surface area contributed by atoms with E-state index >= 15 is 0 Å². The number of guanidine groups is 1. The van der Waals surface area contributed by atoms with E-state index < -0.39 is 0 Å². The molecule has 1 heterocycles. The van der Waals surface area contributed by atoms with Crippen LogP contribution in [0, 0.1) is 0 Å².